The highest BCUT2D eigenvalue weighted by Crippen LogP contribution is 2.43. The number of nitrogens with zero attached hydrogens (tertiary/aromatic N) is 4. The summed E-state index contributed by atoms with van der Waals surface area (Å²) in [5.41, 5.74) is 11.1. The van der Waals surface area contributed by atoms with Gasteiger partial charge < -0.3 is 10.5 Å². The number of ether oxygens (including phenoxy) is 1. The van der Waals surface area contributed by atoms with Gasteiger partial charge in [-0.3, -0.25) is 4.98 Å². The topological polar surface area (TPSA) is 89.8 Å². The van der Waals surface area contributed by atoms with Crippen LogP contribution >= 0.6 is 0 Å². The number of benzene rings is 1. The number of rotatable bonds is 4. The molecule has 1 aliphatic heterocycles. The minimum atomic E-state index is -0.381. The van der Waals surface area contributed by atoms with Crippen LogP contribution < -0.4 is 10.5 Å². The average Bonchev–Trinajstić information content (AvgIpc) is 3.10. The van der Waals surface area contributed by atoms with Crippen molar-refractivity contribution in [3.63, 3.8) is 0 Å². The molecule has 140 valence electrons. The molecule has 0 amide bonds. The van der Waals surface area contributed by atoms with E-state index in [0.29, 0.717) is 18.0 Å². The van der Waals surface area contributed by atoms with Crippen molar-refractivity contribution in [2.75, 3.05) is 0 Å². The van der Waals surface area contributed by atoms with Crippen LogP contribution in [0.2, 0.25) is 0 Å². The number of allylic oxidation sites excluding steroid dienone is 1. The van der Waals surface area contributed by atoms with Crippen molar-refractivity contribution in [2.45, 2.75) is 32.7 Å². The van der Waals surface area contributed by atoms with Crippen molar-refractivity contribution in [1.82, 2.24) is 14.8 Å². The first-order valence-corrected chi connectivity index (χ1v) is 9.36. The molecule has 1 aromatic carbocycles. The van der Waals surface area contributed by atoms with Gasteiger partial charge >= 0.3 is 0 Å². The normalized spacial score (nSPS) is 15.7. The highest BCUT2D eigenvalue weighted by Gasteiger charge is 2.36. The maximum atomic E-state index is 9.76. The van der Waals surface area contributed by atoms with Gasteiger partial charge in [-0.1, -0.05) is 43.3 Å². The van der Waals surface area contributed by atoms with Gasteiger partial charge in [0.15, 0.2) is 0 Å². The van der Waals surface area contributed by atoms with Gasteiger partial charge in [-0.05, 0) is 25.0 Å². The summed E-state index contributed by atoms with van der Waals surface area (Å²) in [5, 5.41) is 14.4. The molecule has 28 heavy (non-hydrogen) atoms. The Morgan fingerprint density at radius 2 is 1.93 bits per heavy atom. The van der Waals surface area contributed by atoms with Gasteiger partial charge in [-0.25, -0.2) is 4.68 Å². The first-order valence-electron chi connectivity index (χ1n) is 9.36. The van der Waals surface area contributed by atoms with Gasteiger partial charge in [0.1, 0.15) is 11.6 Å². The van der Waals surface area contributed by atoms with Gasteiger partial charge in [0.05, 0.1) is 22.9 Å². The Labute approximate surface area is 163 Å². The van der Waals surface area contributed by atoms with Crippen LogP contribution in [0.3, 0.4) is 0 Å². The minimum absolute atomic E-state index is 0.117. The van der Waals surface area contributed by atoms with Crippen molar-refractivity contribution in [3.05, 3.63) is 77.1 Å². The van der Waals surface area contributed by atoms with E-state index in [4.69, 9.17) is 10.5 Å². The Morgan fingerprint density at radius 1 is 1.14 bits per heavy atom. The lowest BCUT2D eigenvalue weighted by Crippen LogP contribution is -2.22. The first kappa shape index (κ1) is 17.8. The number of nitrogens with two attached hydrogens (primary N) is 1. The SMILES string of the molecule is CCc1nn(CC)c2c1C(c1ccc(-c3ccccc3)cn1)C(C#N)=C(N)O2. The van der Waals surface area contributed by atoms with E-state index in [1.54, 1.807) is 4.68 Å². The highest BCUT2D eigenvalue weighted by atomic mass is 16.5. The predicted octanol–water partition coefficient (Wildman–Crippen LogP) is 3.75. The molecule has 2 N–H and O–H groups in total. The third-order valence-electron chi connectivity index (χ3n) is 5.01. The fourth-order valence-corrected chi connectivity index (χ4v) is 3.62. The van der Waals surface area contributed by atoms with Crippen LogP contribution in [0.25, 0.3) is 11.1 Å². The van der Waals surface area contributed by atoms with Crippen LogP contribution in [0.5, 0.6) is 5.88 Å². The van der Waals surface area contributed by atoms with Crippen molar-refractivity contribution >= 4 is 0 Å². The minimum Gasteiger partial charge on any atom is -0.422 e. The van der Waals surface area contributed by atoms with E-state index in [2.05, 4.69) is 16.2 Å². The quantitative estimate of drug-likeness (QED) is 0.754. The Morgan fingerprint density at radius 3 is 2.54 bits per heavy atom. The van der Waals surface area contributed by atoms with Crippen LogP contribution in [-0.2, 0) is 13.0 Å². The Balaban J connectivity index is 1.84. The summed E-state index contributed by atoms with van der Waals surface area (Å²) < 4.78 is 7.58. The largest absolute Gasteiger partial charge is 0.422 e. The highest BCUT2D eigenvalue weighted by molar-refractivity contribution is 5.63. The molecule has 1 aliphatic rings. The second-order valence-electron chi connectivity index (χ2n) is 6.60. The number of pyridine rings is 1. The molecule has 0 spiro atoms. The molecule has 0 bridgehead atoms. The van der Waals surface area contributed by atoms with E-state index in [1.807, 2.05) is 62.5 Å². The van der Waals surface area contributed by atoms with Gasteiger partial charge in [0.25, 0.3) is 0 Å². The Kier molecular flexibility index (Phi) is 4.58. The number of aromatic nitrogens is 3. The summed E-state index contributed by atoms with van der Waals surface area (Å²) in [5.74, 6) is 0.342. The third kappa shape index (κ3) is 2.81. The molecule has 0 radical (unpaired) electrons. The molecular formula is C22H21N5O. The van der Waals surface area contributed by atoms with E-state index in [0.717, 1.165) is 34.5 Å². The maximum absolute atomic E-state index is 9.76. The van der Waals surface area contributed by atoms with Crippen molar-refractivity contribution < 1.29 is 4.74 Å². The van der Waals surface area contributed by atoms with Gasteiger partial charge in [0, 0.05) is 18.3 Å². The lowest BCUT2D eigenvalue weighted by molar-refractivity contribution is 0.349. The molecule has 0 saturated heterocycles. The zero-order valence-corrected chi connectivity index (χ0v) is 15.9. The number of fused-ring (bicyclic) bond motifs is 1. The molecule has 0 aliphatic carbocycles. The summed E-state index contributed by atoms with van der Waals surface area (Å²) >= 11 is 0. The molecule has 4 rings (SSSR count). The molecule has 0 saturated carbocycles. The van der Waals surface area contributed by atoms with Crippen LogP contribution in [-0.4, -0.2) is 14.8 Å². The lowest BCUT2D eigenvalue weighted by Gasteiger charge is -2.24. The lowest BCUT2D eigenvalue weighted by atomic mass is 9.86. The monoisotopic (exact) mass is 371 g/mol. The first-order chi connectivity index (χ1) is 13.7. The van der Waals surface area contributed by atoms with Gasteiger partial charge in [-0.2, -0.15) is 10.4 Å². The third-order valence-corrected chi connectivity index (χ3v) is 5.01. The fourth-order valence-electron chi connectivity index (χ4n) is 3.62. The van der Waals surface area contributed by atoms with Crippen LogP contribution in [0.1, 0.15) is 36.7 Å². The smallest absolute Gasteiger partial charge is 0.224 e. The molecule has 2 aromatic heterocycles. The Hall–Kier alpha value is -3.59. The summed E-state index contributed by atoms with van der Waals surface area (Å²) in [6.45, 7) is 4.70. The fraction of sp³-hybridized carbons (Fsp3) is 0.227. The second kappa shape index (κ2) is 7.20. The predicted molar refractivity (Wildman–Crippen MR) is 106 cm³/mol. The number of aryl methyl sites for hydroxylation is 2. The molecular weight excluding hydrogens is 350 g/mol. The maximum Gasteiger partial charge on any atom is 0.224 e. The zero-order valence-electron chi connectivity index (χ0n) is 15.9. The van der Waals surface area contributed by atoms with Crippen LogP contribution in [0.15, 0.2) is 60.1 Å². The summed E-state index contributed by atoms with van der Waals surface area (Å²) in [4.78, 5) is 4.69. The van der Waals surface area contributed by atoms with Crippen molar-refractivity contribution in [3.8, 4) is 23.1 Å². The summed E-state index contributed by atoms with van der Waals surface area (Å²) in [7, 11) is 0. The molecule has 3 aromatic rings. The summed E-state index contributed by atoms with van der Waals surface area (Å²) in [6.07, 6.45) is 2.57. The molecule has 6 heteroatoms. The van der Waals surface area contributed by atoms with E-state index in [-0.39, 0.29) is 11.8 Å². The number of nitriles is 1. The molecule has 6 nitrogen and oxygen atoms in total. The molecule has 0 fully saturated rings. The zero-order chi connectivity index (χ0) is 19.7. The molecule has 3 heterocycles. The summed E-state index contributed by atoms with van der Waals surface area (Å²) in [6, 6.07) is 16.3. The van der Waals surface area contributed by atoms with Crippen molar-refractivity contribution in [2.24, 2.45) is 5.73 Å². The van der Waals surface area contributed by atoms with E-state index >= 15 is 0 Å². The standard InChI is InChI=1S/C22H21N5O/c1-3-17-20-19(16(12-23)21(24)28-22(20)27(4-2)26-17)18-11-10-15(13-25-18)14-8-6-5-7-9-14/h5-11,13,19H,3-4,24H2,1-2H3. The number of hydrogen-bond acceptors (Lipinski definition) is 5. The van der Waals surface area contributed by atoms with Crippen LogP contribution in [0.4, 0.5) is 0 Å². The number of hydrogen-bond donors (Lipinski definition) is 1. The van der Waals surface area contributed by atoms with E-state index < -0.39 is 0 Å². The molecule has 1 atom stereocenters. The molecule has 1 unspecified atom stereocenters. The second-order valence-corrected chi connectivity index (χ2v) is 6.60. The average molecular weight is 371 g/mol. The van der Waals surface area contributed by atoms with E-state index in [1.165, 1.54) is 0 Å². The Bertz CT molecular complexity index is 1070. The van der Waals surface area contributed by atoms with Gasteiger partial charge in [0.2, 0.25) is 11.8 Å². The van der Waals surface area contributed by atoms with Crippen LogP contribution in [0, 0.1) is 11.3 Å². The van der Waals surface area contributed by atoms with Crippen molar-refractivity contribution in [1.29, 1.82) is 5.26 Å². The van der Waals surface area contributed by atoms with E-state index in [9.17, 15) is 5.26 Å². The van der Waals surface area contributed by atoms with Gasteiger partial charge in [-0.15, -0.1) is 0 Å².